The highest BCUT2D eigenvalue weighted by Gasteiger charge is 2.31. The van der Waals surface area contributed by atoms with Crippen LogP contribution in [-0.2, 0) is 11.3 Å². The summed E-state index contributed by atoms with van der Waals surface area (Å²) in [6.45, 7) is 9.29. The van der Waals surface area contributed by atoms with Gasteiger partial charge in [0.15, 0.2) is 0 Å². The van der Waals surface area contributed by atoms with E-state index in [2.05, 4.69) is 55.7 Å². The van der Waals surface area contributed by atoms with E-state index < -0.39 is 0 Å². The Bertz CT molecular complexity index is 528. The number of morpholine rings is 1. The number of aliphatic hydroxyl groups excluding tert-OH is 1. The van der Waals surface area contributed by atoms with Crippen LogP contribution in [0.2, 0.25) is 0 Å². The van der Waals surface area contributed by atoms with Crippen molar-refractivity contribution in [2.75, 3.05) is 19.7 Å². The van der Waals surface area contributed by atoms with Crippen molar-refractivity contribution in [3.05, 3.63) is 35.4 Å². The Labute approximate surface area is 127 Å². The van der Waals surface area contributed by atoms with Crippen LogP contribution < -0.4 is 0 Å². The van der Waals surface area contributed by atoms with Gasteiger partial charge < -0.3 is 9.84 Å². The topological polar surface area (TPSA) is 32.7 Å². The van der Waals surface area contributed by atoms with Gasteiger partial charge in [0.2, 0.25) is 0 Å². The van der Waals surface area contributed by atoms with Crippen LogP contribution in [0.25, 0.3) is 0 Å². The molecule has 1 aliphatic rings. The molecule has 2 rings (SSSR count). The molecule has 0 aliphatic carbocycles. The fraction of sp³-hybridized carbons (Fsp3) is 0.556. The van der Waals surface area contributed by atoms with Crippen LogP contribution in [0.1, 0.15) is 38.3 Å². The van der Waals surface area contributed by atoms with Gasteiger partial charge in [-0.1, -0.05) is 30.0 Å². The van der Waals surface area contributed by atoms with E-state index in [0.29, 0.717) is 6.42 Å². The van der Waals surface area contributed by atoms with Crippen molar-refractivity contribution in [1.29, 1.82) is 0 Å². The summed E-state index contributed by atoms with van der Waals surface area (Å²) >= 11 is 0. The maximum atomic E-state index is 8.84. The summed E-state index contributed by atoms with van der Waals surface area (Å²) in [4.78, 5) is 2.43. The second kappa shape index (κ2) is 7.09. The predicted octanol–water partition coefficient (Wildman–Crippen LogP) is 2.42. The van der Waals surface area contributed by atoms with Crippen molar-refractivity contribution in [1.82, 2.24) is 4.90 Å². The largest absolute Gasteiger partial charge is 0.395 e. The number of ether oxygens (including phenoxy) is 1. The van der Waals surface area contributed by atoms with E-state index in [0.717, 1.165) is 25.2 Å². The van der Waals surface area contributed by atoms with Crippen LogP contribution in [0, 0.1) is 11.8 Å². The molecule has 1 aromatic carbocycles. The van der Waals surface area contributed by atoms with Gasteiger partial charge in [0.1, 0.15) is 0 Å². The van der Waals surface area contributed by atoms with Crippen molar-refractivity contribution in [3.8, 4) is 11.8 Å². The number of benzene rings is 1. The summed E-state index contributed by atoms with van der Waals surface area (Å²) in [6.07, 6.45) is 0.775. The van der Waals surface area contributed by atoms with Crippen LogP contribution in [0.3, 0.4) is 0 Å². The number of hydrogen-bond donors (Lipinski definition) is 1. The van der Waals surface area contributed by atoms with Crippen molar-refractivity contribution >= 4 is 0 Å². The van der Waals surface area contributed by atoms with E-state index >= 15 is 0 Å². The molecule has 1 aromatic rings. The Morgan fingerprint density at radius 2 is 2.14 bits per heavy atom. The van der Waals surface area contributed by atoms with Crippen LogP contribution in [-0.4, -0.2) is 41.4 Å². The number of nitrogens with zero attached hydrogens (tertiary/aromatic N) is 1. The summed E-state index contributed by atoms with van der Waals surface area (Å²) in [5.74, 6) is 6.18. The summed E-state index contributed by atoms with van der Waals surface area (Å²) in [5, 5.41) is 8.84. The zero-order chi connectivity index (χ0) is 15.3. The Morgan fingerprint density at radius 1 is 1.38 bits per heavy atom. The fourth-order valence-electron chi connectivity index (χ4n) is 2.94. The lowest BCUT2D eigenvalue weighted by Crippen LogP contribution is -2.51. The highest BCUT2D eigenvalue weighted by atomic mass is 16.5. The lowest BCUT2D eigenvalue weighted by molar-refractivity contribution is -0.130. The van der Waals surface area contributed by atoms with Crippen molar-refractivity contribution < 1.29 is 9.84 Å². The third kappa shape index (κ3) is 4.86. The van der Waals surface area contributed by atoms with Crippen LogP contribution >= 0.6 is 0 Å². The van der Waals surface area contributed by atoms with Crippen molar-refractivity contribution in [2.45, 2.75) is 45.4 Å². The van der Waals surface area contributed by atoms with Gasteiger partial charge in [-0.2, -0.15) is 0 Å². The number of hydrogen-bond acceptors (Lipinski definition) is 3. The molecule has 1 unspecified atom stereocenters. The summed E-state index contributed by atoms with van der Waals surface area (Å²) in [5.41, 5.74) is 2.20. The van der Waals surface area contributed by atoms with E-state index in [1.165, 1.54) is 5.56 Å². The second-order valence-corrected chi connectivity index (χ2v) is 6.29. The van der Waals surface area contributed by atoms with Crippen LogP contribution in [0.5, 0.6) is 0 Å². The zero-order valence-corrected chi connectivity index (χ0v) is 13.2. The average Bonchev–Trinajstić information content (AvgIpc) is 2.38. The minimum Gasteiger partial charge on any atom is -0.395 e. The van der Waals surface area contributed by atoms with Crippen LogP contribution in [0.4, 0.5) is 0 Å². The molecule has 1 fully saturated rings. The summed E-state index contributed by atoms with van der Waals surface area (Å²) in [6, 6.07) is 8.25. The van der Waals surface area contributed by atoms with Crippen LogP contribution in [0.15, 0.2) is 24.3 Å². The van der Waals surface area contributed by atoms with E-state index in [9.17, 15) is 0 Å². The molecule has 1 aliphatic heterocycles. The standard InChI is InChI=1S/C18H25NO2/c1-15-12-19(14-18(2,3)21-15)13-17-10-5-4-8-16(17)9-6-7-11-20/h4-5,8,10,15,20H,7,11-14H2,1-3H3. The molecule has 1 saturated heterocycles. The van der Waals surface area contributed by atoms with Gasteiger partial charge in [-0.3, -0.25) is 4.90 Å². The van der Waals surface area contributed by atoms with Gasteiger partial charge >= 0.3 is 0 Å². The molecule has 0 spiro atoms. The Kier molecular flexibility index (Phi) is 5.41. The minimum absolute atomic E-state index is 0.102. The molecule has 0 amide bonds. The lowest BCUT2D eigenvalue weighted by Gasteiger charge is -2.41. The highest BCUT2D eigenvalue weighted by molar-refractivity contribution is 5.41. The maximum absolute atomic E-state index is 8.84. The highest BCUT2D eigenvalue weighted by Crippen LogP contribution is 2.23. The van der Waals surface area contributed by atoms with E-state index in [-0.39, 0.29) is 18.3 Å². The molecular weight excluding hydrogens is 262 g/mol. The summed E-state index contributed by atoms with van der Waals surface area (Å²) in [7, 11) is 0. The molecule has 0 aromatic heterocycles. The van der Waals surface area contributed by atoms with E-state index in [4.69, 9.17) is 9.84 Å². The molecule has 1 N–H and O–H groups in total. The third-order valence-electron chi connectivity index (χ3n) is 3.51. The molecule has 114 valence electrons. The molecule has 1 heterocycles. The molecular formula is C18H25NO2. The molecule has 0 radical (unpaired) electrons. The third-order valence-corrected chi connectivity index (χ3v) is 3.51. The first-order valence-corrected chi connectivity index (χ1v) is 7.58. The van der Waals surface area contributed by atoms with Crippen molar-refractivity contribution in [3.63, 3.8) is 0 Å². The summed E-state index contributed by atoms with van der Waals surface area (Å²) < 4.78 is 5.95. The second-order valence-electron chi connectivity index (χ2n) is 6.29. The average molecular weight is 287 g/mol. The van der Waals surface area contributed by atoms with Gasteiger partial charge in [0.05, 0.1) is 18.3 Å². The molecule has 3 nitrogen and oxygen atoms in total. The fourth-order valence-corrected chi connectivity index (χ4v) is 2.94. The van der Waals surface area contributed by atoms with Gasteiger partial charge in [0.25, 0.3) is 0 Å². The normalized spacial score (nSPS) is 21.6. The van der Waals surface area contributed by atoms with Gasteiger partial charge in [-0.05, 0) is 32.4 Å². The SMILES string of the molecule is CC1CN(Cc2ccccc2C#CCCO)CC(C)(C)O1. The first-order valence-electron chi connectivity index (χ1n) is 7.58. The Hall–Kier alpha value is -1.34. The lowest BCUT2D eigenvalue weighted by atomic mass is 10.0. The van der Waals surface area contributed by atoms with Gasteiger partial charge in [0, 0.05) is 31.6 Å². The van der Waals surface area contributed by atoms with Gasteiger partial charge in [-0.15, -0.1) is 0 Å². The monoisotopic (exact) mass is 287 g/mol. The van der Waals surface area contributed by atoms with E-state index in [1.54, 1.807) is 0 Å². The Morgan fingerprint density at radius 3 is 2.86 bits per heavy atom. The minimum atomic E-state index is -0.102. The molecule has 0 saturated carbocycles. The van der Waals surface area contributed by atoms with E-state index in [1.807, 2.05) is 6.07 Å². The maximum Gasteiger partial charge on any atom is 0.0757 e. The van der Waals surface area contributed by atoms with Crippen molar-refractivity contribution in [2.24, 2.45) is 0 Å². The molecule has 3 heteroatoms. The number of aliphatic hydroxyl groups is 1. The zero-order valence-electron chi connectivity index (χ0n) is 13.2. The first kappa shape index (κ1) is 16.0. The Balaban J connectivity index is 2.11. The smallest absolute Gasteiger partial charge is 0.0757 e. The first-order chi connectivity index (χ1) is 10.00. The molecule has 21 heavy (non-hydrogen) atoms. The number of rotatable bonds is 3. The quantitative estimate of drug-likeness (QED) is 0.867. The van der Waals surface area contributed by atoms with Gasteiger partial charge in [-0.25, -0.2) is 0 Å². The molecule has 0 bridgehead atoms. The predicted molar refractivity (Wildman–Crippen MR) is 84.9 cm³/mol. The molecule has 1 atom stereocenters.